The summed E-state index contributed by atoms with van der Waals surface area (Å²) in [7, 11) is 0. The van der Waals surface area contributed by atoms with Crippen LogP contribution in [0.1, 0.15) is 26.2 Å². The molecule has 0 unspecified atom stereocenters. The molecule has 3 rings (SSSR count). The number of alkyl halides is 3. The Bertz CT molecular complexity index is 703. The van der Waals surface area contributed by atoms with Crippen molar-refractivity contribution in [3.8, 4) is 5.75 Å². The lowest BCUT2D eigenvalue weighted by Crippen LogP contribution is -2.51. The second-order valence-corrected chi connectivity index (χ2v) is 6.99. The molecular weight excluding hydrogens is 409 g/mol. The Morgan fingerprint density at radius 3 is 2.77 bits per heavy atom. The van der Waals surface area contributed by atoms with Gasteiger partial charge in [0, 0.05) is 32.3 Å². The molecule has 0 aromatic carbocycles. The van der Waals surface area contributed by atoms with E-state index in [2.05, 4.69) is 4.98 Å². The molecule has 1 amide bonds. The van der Waals surface area contributed by atoms with Crippen LogP contribution in [-0.4, -0.2) is 77.7 Å². The van der Waals surface area contributed by atoms with Crippen LogP contribution in [0.2, 0.25) is 0 Å². The van der Waals surface area contributed by atoms with Gasteiger partial charge in [-0.05, 0) is 31.9 Å². The van der Waals surface area contributed by atoms with Crippen LogP contribution >= 0.6 is 0 Å². The number of ether oxygens (including phenoxy) is 3. The number of hydrogen-bond acceptors (Lipinski definition) is 6. The standard InChI is InChI=1S/C17H24N2O4.C2HF3O2/c1-2-21-12-16(20)19-8-4-6-17(13-19)9-15(11-22-17)23-14-5-3-7-18-10-14;3-2(4,5)1(6)7/h3,5,7,10,15H,2,4,6,8-9,11-13H2,1H3;(H,6,7)/t15-,17-;/m0./s1. The molecule has 2 atom stereocenters. The minimum atomic E-state index is -5.08. The minimum Gasteiger partial charge on any atom is -0.486 e. The Morgan fingerprint density at radius 1 is 1.43 bits per heavy atom. The summed E-state index contributed by atoms with van der Waals surface area (Å²) < 4.78 is 49.0. The van der Waals surface area contributed by atoms with Crippen molar-refractivity contribution in [1.82, 2.24) is 9.88 Å². The number of aliphatic carboxylic acids is 1. The Kier molecular flexibility index (Phi) is 8.42. The summed E-state index contributed by atoms with van der Waals surface area (Å²) in [5, 5.41) is 7.12. The van der Waals surface area contributed by atoms with Gasteiger partial charge in [0.05, 0.1) is 18.4 Å². The number of pyridine rings is 1. The van der Waals surface area contributed by atoms with Crippen LogP contribution < -0.4 is 4.74 Å². The largest absolute Gasteiger partial charge is 0.490 e. The summed E-state index contributed by atoms with van der Waals surface area (Å²) in [6.45, 7) is 4.58. The molecule has 30 heavy (non-hydrogen) atoms. The topological polar surface area (TPSA) is 98.2 Å². The second-order valence-electron chi connectivity index (χ2n) is 6.99. The van der Waals surface area contributed by atoms with Gasteiger partial charge < -0.3 is 24.2 Å². The van der Waals surface area contributed by atoms with Crippen LogP contribution in [0.25, 0.3) is 0 Å². The number of nitrogens with zero attached hydrogens (tertiary/aromatic N) is 2. The molecule has 11 heteroatoms. The van der Waals surface area contributed by atoms with Gasteiger partial charge in [-0.15, -0.1) is 0 Å². The molecule has 0 radical (unpaired) electrons. The Hall–Kier alpha value is -2.40. The number of amides is 1. The fourth-order valence-electron chi connectivity index (χ4n) is 3.36. The van der Waals surface area contributed by atoms with Gasteiger partial charge in [-0.25, -0.2) is 4.79 Å². The molecule has 168 valence electrons. The first-order chi connectivity index (χ1) is 14.1. The van der Waals surface area contributed by atoms with Crippen LogP contribution in [0.15, 0.2) is 24.5 Å². The molecule has 0 saturated carbocycles. The number of likely N-dealkylation sites (tertiary alicyclic amines) is 1. The average molecular weight is 434 g/mol. The second kappa shape index (κ2) is 10.6. The number of carbonyl (C=O) groups is 2. The molecule has 2 saturated heterocycles. The predicted molar refractivity (Wildman–Crippen MR) is 98.0 cm³/mol. The number of hydrogen-bond donors (Lipinski definition) is 1. The molecule has 2 fully saturated rings. The molecule has 1 aromatic rings. The number of piperidine rings is 1. The normalized spacial score (nSPS) is 23.6. The molecule has 2 aliphatic heterocycles. The molecule has 1 aromatic heterocycles. The highest BCUT2D eigenvalue weighted by molar-refractivity contribution is 5.77. The molecule has 0 bridgehead atoms. The van der Waals surface area contributed by atoms with Crippen molar-refractivity contribution in [2.45, 2.75) is 44.1 Å². The quantitative estimate of drug-likeness (QED) is 0.759. The van der Waals surface area contributed by atoms with Crippen molar-refractivity contribution >= 4 is 11.9 Å². The lowest BCUT2D eigenvalue weighted by Gasteiger charge is -2.39. The summed E-state index contributed by atoms with van der Waals surface area (Å²) in [6, 6.07) is 3.76. The van der Waals surface area contributed by atoms with Crippen molar-refractivity contribution in [3.63, 3.8) is 0 Å². The molecule has 8 nitrogen and oxygen atoms in total. The first-order valence-corrected chi connectivity index (χ1v) is 9.51. The monoisotopic (exact) mass is 434 g/mol. The highest BCUT2D eigenvalue weighted by Gasteiger charge is 2.45. The van der Waals surface area contributed by atoms with Gasteiger partial charge >= 0.3 is 12.1 Å². The first-order valence-electron chi connectivity index (χ1n) is 9.51. The van der Waals surface area contributed by atoms with Crippen molar-refractivity contribution in [1.29, 1.82) is 0 Å². The van der Waals surface area contributed by atoms with Gasteiger partial charge in [0.15, 0.2) is 0 Å². The zero-order valence-electron chi connectivity index (χ0n) is 16.6. The molecule has 3 heterocycles. The maximum atomic E-state index is 12.2. The van der Waals surface area contributed by atoms with Gasteiger partial charge in [0.2, 0.25) is 5.91 Å². The molecule has 1 N–H and O–H groups in total. The molecule has 2 aliphatic rings. The van der Waals surface area contributed by atoms with E-state index in [4.69, 9.17) is 24.1 Å². The van der Waals surface area contributed by atoms with E-state index in [1.54, 1.807) is 12.4 Å². The minimum absolute atomic E-state index is 0.0149. The molecular formula is C19H25F3N2O6. The smallest absolute Gasteiger partial charge is 0.486 e. The first kappa shape index (κ1) is 23.9. The Morgan fingerprint density at radius 2 is 2.17 bits per heavy atom. The number of carboxylic acids is 1. The Balaban J connectivity index is 0.000000396. The van der Waals surface area contributed by atoms with Crippen molar-refractivity contribution in [2.24, 2.45) is 0 Å². The van der Waals surface area contributed by atoms with Crippen LogP contribution in [0.5, 0.6) is 5.75 Å². The van der Waals surface area contributed by atoms with E-state index in [0.717, 1.165) is 31.6 Å². The third-order valence-corrected chi connectivity index (χ3v) is 4.68. The van der Waals surface area contributed by atoms with Crippen LogP contribution in [-0.2, 0) is 19.1 Å². The zero-order valence-corrected chi connectivity index (χ0v) is 16.6. The maximum absolute atomic E-state index is 12.2. The fourth-order valence-corrected chi connectivity index (χ4v) is 3.36. The van der Waals surface area contributed by atoms with E-state index < -0.39 is 12.1 Å². The summed E-state index contributed by atoms with van der Waals surface area (Å²) in [6.07, 6.45) is 1.10. The summed E-state index contributed by atoms with van der Waals surface area (Å²) in [5.41, 5.74) is -0.271. The van der Waals surface area contributed by atoms with Crippen LogP contribution in [0.4, 0.5) is 13.2 Å². The average Bonchev–Trinajstić information content (AvgIpc) is 3.08. The van der Waals surface area contributed by atoms with E-state index in [1.807, 2.05) is 24.0 Å². The van der Waals surface area contributed by atoms with Crippen LogP contribution in [0, 0.1) is 0 Å². The van der Waals surface area contributed by atoms with Crippen molar-refractivity contribution in [2.75, 3.05) is 32.9 Å². The number of halogens is 3. The lowest BCUT2D eigenvalue weighted by molar-refractivity contribution is -0.192. The van der Waals surface area contributed by atoms with Gasteiger partial charge in [-0.3, -0.25) is 9.78 Å². The summed E-state index contributed by atoms with van der Waals surface area (Å²) in [5.74, 6) is -1.95. The van der Waals surface area contributed by atoms with E-state index in [0.29, 0.717) is 19.8 Å². The van der Waals surface area contributed by atoms with Crippen molar-refractivity contribution in [3.05, 3.63) is 24.5 Å². The predicted octanol–water partition coefficient (Wildman–Crippen LogP) is 2.28. The number of carbonyl (C=O) groups excluding carboxylic acids is 1. The van der Waals surface area contributed by atoms with Gasteiger partial charge in [0.25, 0.3) is 0 Å². The maximum Gasteiger partial charge on any atom is 0.490 e. The fraction of sp³-hybridized carbons (Fsp3) is 0.632. The highest BCUT2D eigenvalue weighted by atomic mass is 19.4. The van der Waals surface area contributed by atoms with E-state index >= 15 is 0 Å². The Labute approximate surface area is 171 Å². The molecule has 0 aliphatic carbocycles. The van der Waals surface area contributed by atoms with Gasteiger partial charge in [-0.2, -0.15) is 13.2 Å². The van der Waals surface area contributed by atoms with Gasteiger partial charge in [0.1, 0.15) is 18.5 Å². The molecule has 1 spiro atoms. The summed E-state index contributed by atoms with van der Waals surface area (Å²) in [4.78, 5) is 27.0. The van der Waals surface area contributed by atoms with E-state index in [1.165, 1.54) is 0 Å². The van der Waals surface area contributed by atoms with Crippen LogP contribution in [0.3, 0.4) is 0 Å². The SMILES string of the molecule is CCOCC(=O)N1CCC[C@]2(C[C@H](Oc3cccnc3)CO2)C1.O=C(O)C(F)(F)F. The lowest BCUT2D eigenvalue weighted by atomic mass is 9.89. The highest BCUT2D eigenvalue weighted by Crippen LogP contribution is 2.36. The van der Waals surface area contributed by atoms with E-state index in [9.17, 15) is 18.0 Å². The number of rotatable bonds is 5. The van der Waals surface area contributed by atoms with E-state index in [-0.39, 0.29) is 24.2 Å². The van der Waals surface area contributed by atoms with Crippen molar-refractivity contribution < 1.29 is 42.1 Å². The number of carboxylic acid groups (broad SMARTS) is 1. The third-order valence-electron chi connectivity index (χ3n) is 4.68. The number of aromatic nitrogens is 1. The third kappa shape index (κ3) is 7.13. The van der Waals surface area contributed by atoms with Gasteiger partial charge in [-0.1, -0.05) is 0 Å². The zero-order chi connectivity index (χ0) is 22.2. The summed E-state index contributed by atoms with van der Waals surface area (Å²) >= 11 is 0.